The molecule has 0 bridgehead atoms. The average molecular weight is 229 g/mol. The van der Waals surface area contributed by atoms with Crippen LogP contribution in [0.5, 0.6) is 0 Å². The molecule has 0 radical (unpaired) electrons. The predicted molar refractivity (Wildman–Crippen MR) is 61.3 cm³/mol. The molecule has 1 saturated heterocycles. The highest BCUT2D eigenvalue weighted by molar-refractivity contribution is 4.88. The van der Waals surface area contributed by atoms with E-state index in [9.17, 15) is 5.11 Å². The molecule has 0 aromatic rings. The maximum Gasteiger partial charge on any atom is 0.0932 e. The molecule has 4 heteroatoms. The first-order valence-corrected chi connectivity index (χ1v) is 6.34. The summed E-state index contributed by atoms with van der Waals surface area (Å²) in [6.07, 6.45) is 4.74. The molecule has 2 fully saturated rings. The van der Waals surface area contributed by atoms with Gasteiger partial charge in [-0.25, -0.2) is 0 Å². The van der Waals surface area contributed by atoms with E-state index in [-0.39, 0.29) is 18.1 Å². The predicted octanol–water partition coefficient (Wildman–Crippen LogP) is 0.232. The maximum atomic E-state index is 9.56. The van der Waals surface area contributed by atoms with Gasteiger partial charge in [0.05, 0.1) is 19.3 Å². The highest BCUT2D eigenvalue weighted by Gasteiger charge is 2.36. The van der Waals surface area contributed by atoms with Gasteiger partial charge in [-0.3, -0.25) is 4.90 Å². The van der Waals surface area contributed by atoms with Crippen molar-refractivity contribution in [2.75, 3.05) is 39.5 Å². The van der Waals surface area contributed by atoms with E-state index in [1.54, 1.807) is 0 Å². The van der Waals surface area contributed by atoms with Gasteiger partial charge in [0, 0.05) is 31.7 Å². The van der Waals surface area contributed by atoms with E-state index in [1.165, 1.54) is 12.8 Å². The Bertz CT molecular complexity index is 216. The highest BCUT2D eigenvalue weighted by Crippen LogP contribution is 2.38. The van der Waals surface area contributed by atoms with Gasteiger partial charge in [-0.15, -0.1) is 0 Å². The zero-order valence-electron chi connectivity index (χ0n) is 9.90. The molecule has 1 heterocycles. The van der Waals surface area contributed by atoms with Crippen molar-refractivity contribution in [1.29, 1.82) is 0 Å². The fourth-order valence-electron chi connectivity index (χ4n) is 3.00. The van der Waals surface area contributed by atoms with Crippen LogP contribution in [0, 0.1) is 5.41 Å². The molecule has 94 valence electrons. The first-order valence-electron chi connectivity index (χ1n) is 6.34. The van der Waals surface area contributed by atoms with E-state index in [1.807, 2.05) is 0 Å². The summed E-state index contributed by atoms with van der Waals surface area (Å²) < 4.78 is 5.43. The number of aliphatic hydroxyl groups is 2. The minimum absolute atomic E-state index is 0.0362. The Morgan fingerprint density at radius 3 is 2.62 bits per heavy atom. The monoisotopic (exact) mass is 229 g/mol. The topological polar surface area (TPSA) is 52.9 Å². The molecule has 1 aliphatic heterocycles. The number of ether oxygens (including phenoxy) is 1. The third-order valence-electron chi connectivity index (χ3n) is 3.99. The van der Waals surface area contributed by atoms with Crippen LogP contribution in [0.4, 0.5) is 0 Å². The molecule has 1 saturated carbocycles. The highest BCUT2D eigenvalue weighted by atomic mass is 16.5. The van der Waals surface area contributed by atoms with E-state index < -0.39 is 0 Å². The Kier molecular flexibility index (Phi) is 4.19. The van der Waals surface area contributed by atoms with Gasteiger partial charge in [-0.2, -0.15) is 0 Å². The third kappa shape index (κ3) is 2.74. The lowest BCUT2D eigenvalue weighted by Crippen LogP contribution is -2.48. The first kappa shape index (κ1) is 12.3. The quantitative estimate of drug-likeness (QED) is 0.725. The summed E-state index contributed by atoms with van der Waals surface area (Å²) in [7, 11) is 0. The number of nitrogens with zero attached hydrogens (tertiary/aromatic N) is 1. The largest absolute Gasteiger partial charge is 0.396 e. The van der Waals surface area contributed by atoms with Crippen LogP contribution < -0.4 is 0 Å². The number of morpholine rings is 1. The van der Waals surface area contributed by atoms with Gasteiger partial charge in [0.2, 0.25) is 0 Å². The summed E-state index contributed by atoms with van der Waals surface area (Å²) in [5.74, 6) is 0. The van der Waals surface area contributed by atoms with Gasteiger partial charge >= 0.3 is 0 Å². The SMILES string of the molecule is OCC1CN(CC2(CO)CCCC2)CCO1. The fraction of sp³-hybridized carbons (Fsp3) is 1.00. The van der Waals surface area contributed by atoms with Crippen molar-refractivity contribution in [2.24, 2.45) is 5.41 Å². The molecule has 1 unspecified atom stereocenters. The average Bonchev–Trinajstić information content (AvgIpc) is 2.78. The van der Waals surface area contributed by atoms with Crippen LogP contribution in [0.25, 0.3) is 0 Å². The Hall–Kier alpha value is -0.160. The Morgan fingerprint density at radius 2 is 2.00 bits per heavy atom. The zero-order chi connectivity index (χ0) is 11.4. The van der Waals surface area contributed by atoms with Crippen LogP contribution in [0.3, 0.4) is 0 Å². The molecule has 4 nitrogen and oxygen atoms in total. The first-order chi connectivity index (χ1) is 7.78. The molecule has 2 rings (SSSR count). The number of rotatable bonds is 4. The molecule has 0 aromatic carbocycles. The zero-order valence-corrected chi connectivity index (χ0v) is 9.90. The van der Waals surface area contributed by atoms with Gasteiger partial charge in [0.1, 0.15) is 0 Å². The molecule has 2 N–H and O–H groups in total. The van der Waals surface area contributed by atoms with E-state index in [0.717, 1.165) is 32.5 Å². The van der Waals surface area contributed by atoms with Crippen molar-refractivity contribution in [2.45, 2.75) is 31.8 Å². The Labute approximate surface area is 97.2 Å². The summed E-state index contributed by atoms with van der Waals surface area (Å²) in [5.41, 5.74) is 0.122. The minimum atomic E-state index is -0.0362. The molecule has 2 aliphatic rings. The summed E-state index contributed by atoms with van der Waals surface area (Å²) in [5, 5.41) is 18.7. The molecular weight excluding hydrogens is 206 g/mol. The molecule has 16 heavy (non-hydrogen) atoms. The molecule has 0 spiro atoms. The van der Waals surface area contributed by atoms with Crippen LogP contribution >= 0.6 is 0 Å². The molecule has 0 aromatic heterocycles. The Balaban J connectivity index is 1.87. The lowest BCUT2D eigenvalue weighted by molar-refractivity contribution is -0.0663. The minimum Gasteiger partial charge on any atom is -0.396 e. The molecular formula is C12H23NO3. The van der Waals surface area contributed by atoms with Crippen molar-refractivity contribution in [3.63, 3.8) is 0 Å². The second kappa shape index (κ2) is 5.45. The molecule has 0 amide bonds. The lowest BCUT2D eigenvalue weighted by atomic mass is 9.86. The number of hydrogen-bond acceptors (Lipinski definition) is 4. The van der Waals surface area contributed by atoms with E-state index in [0.29, 0.717) is 13.2 Å². The number of aliphatic hydroxyl groups excluding tert-OH is 2. The van der Waals surface area contributed by atoms with Crippen LogP contribution in [0.15, 0.2) is 0 Å². The van der Waals surface area contributed by atoms with Gasteiger partial charge < -0.3 is 14.9 Å². The van der Waals surface area contributed by atoms with Gasteiger partial charge in [-0.05, 0) is 12.8 Å². The molecule has 1 aliphatic carbocycles. The van der Waals surface area contributed by atoms with Gasteiger partial charge in [0.15, 0.2) is 0 Å². The summed E-state index contributed by atoms with van der Waals surface area (Å²) in [4.78, 5) is 2.34. The second-order valence-corrected chi connectivity index (χ2v) is 5.28. The lowest BCUT2D eigenvalue weighted by Gasteiger charge is -2.38. The summed E-state index contributed by atoms with van der Waals surface area (Å²) in [6, 6.07) is 0. The van der Waals surface area contributed by atoms with Crippen LogP contribution in [0.1, 0.15) is 25.7 Å². The fourth-order valence-corrected chi connectivity index (χ4v) is 3.00. The van der Waals surface area contributed by atoms with E-state index in [4.69, 9.17) is 9.84 Å². The van der Waals surface area contributed by atoms with Crippen molar-refractivity contribution in [1.82, 2.24) is 4.90 Å². The maximum absolute atomic E-state index is 9.56. The van der Waals surface area contributed by atoms with Crippen molar-refractivity contribution < 1.29 is 14.9 Å². The smallest absolute Gasteiger partial charge is 0.0932 e. The van der Waals surface area contributed by atoms with Gasteiger partial charge in [0.25, 0.3) is 0 Å². The van der Waals surface area contributed by atoms with Crippen molar-refractivity contribution >= 4 is 0 Å². The standard InChI is InChI=1S/C12H23NO3/c14-8-11-7-13(5-6-16-11)9-12(10-15)3-1-2-4-12/h11,14-15H,1-10H2. The second-order valence-electron chi connectivity index (χ2n) is 5.28. The summed E-state index contributed by atoms with van der Waals surface area (Å²) in [6.45, 7) is 3.80. The van der Waals surface area contributed by atoms with Crippen molar-refractivity contribution in [3.8, 4) is 0 Å². The molecule has 1 atom stereocenters. The third-order valence-corrected chi connectivity index (χ3v) is 3.99. The van der Waals surface area contributed by atoms with E-state index in [2.05, 4.69) is 4.90 Å². The van der Waals surface area contributed by atoms with Crippen LogP contribution in [-0.4, -0.2) is 60.7 Å². The number of hydrogen-bond donors (Lipinski definition) is 2. The van der Waals surface area contributed by atoms with Crippen LogP contribution in [0.2, 0.25) is 0 Å². The Morgan fingerprint density at radius 1 is 1.25 bits per heavy atom. The summed E-state index contributed by atoms with van der Waals surface area (Å²) >= 11 is 0. The van der Waals surface area contributed by atoms with Crippen LogP contribution in [-0.2, 0) is 4.74 Å². The van der Waals surface area contributed by atoms with E-state index >= 15 is 0 Å². The van der Waals surface area contributed by atoms with Crippen molar-refractivity contribution in [3.05, 3.63) is 0 Å². The normalized spacial score (nSPS) is 30.8. The van der Waals surface area contributed by atoms with Gasteiger partial charge in [-0.1, -0.05) is 12.8 Å².